The highest BCUT2D eigenvalue weighted by molar-refractivity contribution is 7.92. The van der Waals surface area contributed by atoms with Gasteiger partial charge in [-0.1, -0.05) is 26.0 Å². The summed E-state index contributed by atoms with van der Waals surface area (Å²) in [5.74, 6) is 0.406. The Morgan fingerprint density at radius 2 is 2.00 bits per heavy atom. The number of anilines is 1. The SMILES string of the molecule is CC(C)c1cccc(NS(=O)(=O)CCCCO)c1. The van der Waals surface area contributed by atoms with Crippen LogP contribution in [-0.2, 0) is 10.0 Å². The predicted octanol–water partition coefficient (Wildman–Crippen LogP) is 2.32. The molecule has 1 aromatic carbocycles. The minimum atomic E-state index is -3.31. The van der Waals surface area contributed by atoms with Gasteiger partial charge < -0.3 is 5.11 Å². The van der Waals surface area contributed by atoms with Gasteiger partial charge in [0, 0.05) is 12.3 Å². The van der Waals surface area contributed by atoms with Gasteiger partial charge in [-0.3, -0.25) is 4.72 Å². The lowest BCUT2D eigenvalue weighted by Gasteiger charge is -2.10. The maximum absolute atomic E-state index is 11.8. The molecule has 4 nitrogen and oxygen atoms in total. The van der Waals surface area contributed by atoms with E-state index in [-0.39, 0.29) is 12.4 Å². The second kappa shape index (κ2) is 6.75. The van der Waals surface area contributed by atoms with Crippen LogP contribution in [0.15, 0.2) is 24.3 Å². The molecule has 0 unspecified atom stereocenters. The van der Waals surface area contributed by atoms with Crippen molar-refractivity contribution < 1.29 is 13.5 Å². The molecular weight excluding hydrogens is 250 g/mol. The Kier molecular flexibility index (Phi) is 5.62. The average Bonchev–Trinajstić information content (AvgIpc) is 2.28. The predicted molar refractivity (Wildman–Crippen MR) is 74.3 cm³/mol. The first kappa shape index (κ1) is 15.0. The summed E-state index contributed by atoms with van der Waals surface area (Å²) in [5, 5.41) is 8.64. The first-order valence-electron chi connectivity index (χ1n) is 6.16. The third-order valence-corrected chi connectivity index (χ3v) is 4.02. The van der Waals surface area contributed by atoms with E-state index in [9.17, 15) is 8.42 Å². The second-order valence-corrected chi connectivity index (χ2v) is 6.47. The van der Waals surface area contributed by atoms with Gasteiger partial charge in [0.25, 0.3) is 0 Å². The summed E-state index contributed by atoms with van der Waals surface area (Å²) in [4.78, 5) is 0. The zero-order valence-electron chi connectivity index (χ0n) is 10.9. The molecule has 0 fully saturated rings. The number of unbranched alkanes of at least 4 members (excludes halogenated alkanes) is 1. The Morgan fingerprint density at radius 3 is 2.61 bits per heavy atom. The van der Waals surface area contributed by atoms with Crippen LogP contribution in [0, 0.1) is 0 Å². The standard InChI is InChI=1S/C13H21NO3S/c1-11(2)12-6-5-7-13(10-12)14-18(16,17)9-4-3-8-15/h5-7,10-11,14-15H,3-4,8-9H2,1-2H3. The molecule has 1 aromatic rings. The van der Waals surface area contributed by atoms with Crippen LogP contribution in [0.2, 0.25) is 0 Å². The average molecular weight is 271 g/mol. The number of rotatable bonds is 7. The maximum Gasteiger partial charge on any atom is 0.232 e. The van der Waals surface area contributed by atoms with Gasteiger partial charge in [0.2, 0.25) is 10.0 Å². The Balaban J connectivity index is 2.69. The summed E-state index contributed by atoms with van der Waals surface area (Å²) in [7, 11) is -3.31. The van der Waals surface area contributed by atoms with Crippen LogP contribution < -0.4 is 4.72 Å². The molecule has 0 atom stereocenters. The van der Waals surface area contributed by atoms with Crippen molar-refractivity contribution in [3.63, 3.8) is 0 Å². The van der Waals surface area contributed by atoms with E-state index in [2.05, 4.69) is 18.6 Å². The largest absolute Gasteiger partial charge is 0.396 e. The normalized spacial score (nSPS) is 11.8. The highest BCUT2D eigenvalue weighted by atomic mass is 32.2. The molecule has 1 rings (SSSR count). The number of nitrogens with one attached hydrogen (secondary N) is 1. The smallest absolute Gasteiger partial charge is 0.232 e. The topological polar surface area (TPSA) is 66.4 Å². The minimum Gasteiger partial charge on any atom is -0.396 e. The Morgan fingerprint density at radius 1 is 1.28 bits per heavy atom. The van der Waals surface area contributed by atoms with E-state index in [0.29, 0.717) is 24.4 Å². The number of hydrogen-bond donors (Lipinski definition) is 2. The lowest BCUT2D eigenvalue weighted by atomic mass is 10.0. The van der Waals surface area contributed by atoms with Crippen molar-refractivity contribution in [2.75, 3.05) is 17.1 Å². The quantitative estimate of drug-likeness (QED) is 0.748. The van der Waals surface area contributed by atoms with E-state index >= 15 is 0 Å². The number of benzene rings is 1. The van der Waals surface area contributed by atoms with Gasteiger partial charge in [0.15, 0.2) is 0 Å². The summed E-state index contributed by atoms with van der Waals surface area (Å²) in [6, 6.07) is 7.43. The first-order valence-corrected chi connectivity index (χ1v) is 7.81. The maximum atomic E-state index is 11.8. The molecule has 0 aliphatic carbocycles. The van der Waals surface area contributed by atoms with E-state index in [1.165, 1.54) is 0 Å². The molecule has 0 bridgehead atoms. The van der Waals surface area contributed by atoms with Crippen molar-refractivity contribution >= 4 is 15.7 Å². The van der Waals surface area contributed by atoms with E-state index in [1.807, 2.05) is 18.2 Å². The molecule has 0 saturated heterocycles. The van der Waals surface area contributed by atoms with Crippen molar-refractivity contribution in [1.29, 1.82) is 0 Å². The summed E-state index contributed by atoms with van der Waals surface area (Å²) < 4.78 is 26.1. The number of sulfonamides is 1. The molecule has 18 heavy (non-hydrogen) atoms. The van der Waals surface area contributed by atoms with Gasteiger partial charge in [0.05, 0.1) is 5.75 Å². The molecule has 0 amide bonds. The fraction of sp³-hybridized carbons (Fsp3) is 0.538. The van der Waals surface area contributed by atoms with Crippen molar-refractivity contribution in [3.05, 3.63) is 29.8 Å². The lowest BCUT2D eigenvalue weighted by molar-refractivity contribution is 0.287. The molecule has 0 aliphatic heterocycles. The zero-order valence-corrected chi connectivity index (χ0v) is 11.7. The summed E-state index contributed by atoms with van der Waals surface area (Å²) in [5.41, 5.74) is 1.70. The van der Waals surface area contributed by atoms with Crippen LogP contribution in [0.4, 0.5) is 5.69 Å². The minimum absolute atomic E-state index is 0.0261. The van der Waals surface area contributed by atoms with Gasteiger partial charge in [-0.25, -0.2) is 8.42 Å². The summed E-state index contributed by atoms with van der Waals surface area (Å²) in [6.45, 7) is 4.15. The van der Waals surface area contributed by atoms with E-state index in [4.69, 9.17) is 5.11 Å². The Labute approximate surface area is 109 Å². The molecule has 5 heteroatoms. The Hall–Kier alpha value is -1.07. The van der Waals surface area contributed by atoms with E-state index in [1.54, 1.807) is 6.07 Å². The van der Waals surface area contributed by atoms with E-state index in [0.717, 1.165) is 5.56 Å². The molecular formula is C13H21NO3S. The van der Waals surface area contributed by atoms with Crippen LogP contribution in [0.1, 0.15) is 38.2 Å². The van der Waals surface area contributed by atoms with Crippen LogP contribution >= 0.6 is 0 Å². The molecule has 102 valence electrons. The van der Waals surface area contributed by atoms with Crippen molar-refractivity contribution in [2.24, 2.45) is 0 Å². The number of aliphatic hydroxyl groups is 1. The van der Waals surface area contributed by atoms with Crippen LogP contribution in [0.5, 0.6) is 0 Å². The summed E-state index contributed by atoms with van der Waals surface area (Å²) in [6.07, 6.45) is 0.975. The third-order valence-electron chi connectivity index (χ3n) is 2.65. The molecule has 0 aromatic heterocycles. The zero-order chi connectivity index (χ0) is 13.6. The second-order valence-electron chi connectivity index (χ2n) is 4.63. The Bertz CT molecular complexity index is 469. The van der Waals surface area contributed by atoms with Crippen LogP contribution in [-0.4, -0.2) is 25.9 Å². The van der Waals surface area contributed by atoms with Crippen molar-refractivity contribution in [2.45, 2.75) is 32.6 Å². The van der Waals surface area contributed by atoms with Gasteiger partial charge in [-0.15, -0.1) is 0 Å². The molecule has 0 aliphatic rings. The van der Waals surface area contributed by atoms with Gasteiger partial charge >= 0.3 is 0 Å². The summed E-state index contributed by atoms with van der Waals surface area (Å²) >= 11 is 0. The third kappa shape index (κ3) is 5.06. The monoisotopic (exact) mass is 271 g/mol. The number of aliphatic hydroxyl groups excluding tert-OH is 1. The highest BCUT2D eigenvalue weighted by Gasteiger charge is 2.10. The fourth-order valence-corrected chi connectivity index (χ4v) is 2.77. The first-order chi connectivity index (χ1) is 8.44. The lowest BCUT2D eigenvalue weighted by Crippen LogP contribution is -2.17. The number of hydrogen-bond acceptors (Lipinski definition) is 3. The molecule has 0 heterocycles. The molecule has 0 radical (unpaired) electrons. The van der Waals surface area contributed by atoms with Gasteiger partial charge in [-0.05, 0) is 36.5 Å². The highest BCUT2D eigenvalue weighted by Crippen LogP contribution is 2.19. The van der Waals surface area contributed by atoms with Crippen molar-refractivity contribution in [3.8, 4) is 0 Å². The fourth-order valence-electron chi connectivity index (χ4n) is 1.60. The van der Waals surface area contributed by atoms with Gasteiger partial charge in [-0.2, -0.15) is 0 Å². The molecule has 0 saturated carbocycles. The van der Waals surface area contributed by atoms with E-state index < -0.39 is 10.0 Å². The molecule has 0 spiro atoms. The van der Waals surface area contributed by atoms with Crippen LogP contribution in [0.25, 0.3) is 0 Å². The van der Waals surface area contributed by atoms with Gasteiger partial charge in [0.1, 0.15) is 0 Å². The molecule has 2 N–H and O–H groups in total. The van der Waals surface area contributed by atoms with Crippen molar-refractivity contribution in [1.82, 2.24) is 0 Å². The van der Waals surface area contributed by atoms with Crippen LogP contribution in [0.3, 0.4) is 0 Å².